The summed E-state index contributed by atoms with van der Waals surface area (Å²) >= 11 is 0. The molecule has 1 saturated carbocycles. The van der Waals surface area contributed by atoms with E-state index in [1.807, 2.05) is 43.3 Å². The van der Waals surface area contributed by atoms with E-state index in [2.05, 4.69) is 14.9 Å². The number of hydrazone groups is 1. The highest BCUT2D eigenvalue weighted by molar-refractivity contribution is 6.04. The van der Waals surface area contributed by atoms with Crippen molar-refractivity contribution in [1.82, 2.24) is 14.7 Å². The summed E-state index contributed by atoms with van der Waals surface area (Å²) in [7, 11) is 0. The Labute approximate surface area is 310 Å². The van der Waals surface area contributed by atoms with Crippen molar-refractivity contribution in [2.75, 3.05) is 13.2 Å². The zero-order chi connectivity index (χ0) is 38.6. The molecule has 54 heavy (non-hydrogen) atoms. The fourth-order valence-corrected chi connectivity index (χ4v) is 6.07. The number of hydrogen-bond acceptors (Lipinski definition) is 13. The Morgan fingerprint density at radius 2 is 1.74 bits per heavy atom. The molecule has 0 saturated heterocycles. The number of esters is 1. The number of ether oxygens (including phenoxy) is 4. The van der Waals surface area contributed by atoms with Crippen molar-refractivity contribution in [2.24, 2.45) is 16.7 Å². The molecule has 1 amide bonds. The number of hydrogen-bond donors (Lipinski definition) is 2. The third kappa shape index (κ3) is 10.2. The second-order valence-corrected chi connectivity index (χ2v) is 12.4. The van der Waals surface area contributed by atoms with E-state index in [-0.39, 0.29) is 43.5 Å². The average molecular weight is 746 g/mol. The highest BCUT2D eigenvalue weighted by Crippen LogP contribution is 2.29. The predicted octanol–water partition coefficient (Wildman–Crippen LogP) is 5.45. The van der Waals surface area contributed by atoms with Crippen molar-refractivity contribution in [1.29, 1.82) is 0 Å². The van der Waals surface area contributed by atoms with Gasteiger partial charge in [-0.1, -0.05) is 61.0 Å². The molecule has 0 spiro atoms. The summed E-state index contributed by atoms with van der Waals surface area (Å²) < 4.78 is 23.8. The maximum atomic E-state index is 13.5. The zero-order valence-electron chi connectivity index (χ0n) is 30.0. The normalized spacial score (nSPS) is 13.9. The molecule has 4 aromatic rings. The Hall–Kier alpha value is -6.23. The molecule has 4 N–H and O–H groups in total. The molecule has 1 aliphatic carbocycles. The van der Waals surface area contributed by atoms with Gasteiger partial charge in [-0.15, -0.1) is 15.2 Å². The summed E-state index contributed by atoms with van der Waals surface area (Å²) in [5.74, 6) is 4.49. The molecule has 0 bridgehead atoms. The highest BCUT2D eigenvalue weighted by Gasteiger charge is 2.25. The van der Waals surface area contributed by atoms with E-state index >= 15 is 0 Å². The first-order valence-corrected chi connectivity index (χ1v) is 17.6. The minimum atomic E-state index is -1.20. The summed E-state index contributed by atoms with van der Waals surface area (Å²) in [5.41, 5.74) is 10.4. The lowest BCUT2D eigenvalue weighted by Gasteiger charge is -2.22. The number of nitrogens with zero attached hydrogens (tertiary/aromatic N) is 5. The molecule has 1 heterocycles. The molecule has 286 valence electrons. The van der Waals surface area contributed by atoms with Gasteiger partial charge in [0.25, 0.3) is 17.0 Å². The predicted molar refractivity (Wildman–Crippen MR) is 195 cm³/mol. The average Bonchev–Trinajstić information content (AvgIpc) is 3.50. The maximum Gasteiger partial charge on any atom is 0.511 e. The molecule has 0 radical (unpaired) electrons. The number of para-hydroxylation sites is 1. The first-order chi connectivity index (χ1) is 26.0. The second-order valence-electron chi connectivity index (χ2n) is 12.4. The van der Waals surface area contributed by atoms with E-state index in [4.69, 9.17) is 30.5 Å². The monoisotopic (exact) mass is 745 g/mol. The highest BCUT2D eigenvalue weighted by atomic mass is 16.9. The zero-order valence-corrected chi connectivity index (χ0v) is 30.0. The summed E-state index contributed by atoms with van der Waals surface area (Å²) in [6.07, 6.45) is 2.32. The number of fused-ring (bicyclic) bond motifs is 1. The number of amides is 1. The number of rotatable bonds is 16. The fourth-order valence-electron chi connectivity index (χ4n) is 6.07. The van der Waals surface area contributed by atoms with Crippen LogP contribution in [-0.4, -0.2) is 69.2 Å². The Morgan fingerprint density at radius 3 is 2.46 bits per heavy atom. The molecule has 1 unspecified atom stereocenters. The van der Waals surface area contributed by atoms with Crippen molar-refractivity contribution in [3.8, 4) is 17.1 Å². The van der Waals surface area contributed by atoms with Crippen LogP contribution in [0.1, 0.15) is 80.3 Å². The van der Waals surface area contributed by atoms with Gasteiger partial charge >= 0.3 is 12.1 Å². The van der Waals surface area contributed by atoms with Crippen LogP contribution in [0.15, 0.2) is 71.8 Å². The van der Waals surface area contributed by atoms with E-state index in [1.165, 1.54) is 6.92 Å². The number of amidine groups is 1. The topological polar surface area (TPSA) is 226 Å². The van der Waals surface area contributed by atoms with Gasteiger partial charge in [-0.25, -0.2) is 15.4 Å². The van der Waals surface area contributed by atoms with Gasteiger partial charge < -0.3 is 29.5 Å². The standard InChI is InChI=1S/C37H43N7O10/c1-3-50-36-40-31-16-9-15-30(35(46)52-24(2)53-37(47)54-27-11-5-4-6-12-27)33(31)42(36)23-25-18-20-26(21-19-25)28-13-7-8-14-29(28)34(38)41-43(39)32(45)17-10-22-51-44(48)49/h7-9,13-16,18-21,24,27H,3-6,10-12,17,22-23,39H2,1-2H3,(H2,38,41). The summed E-state index contributed by atoms with van der Waals surface area (Å²) in [5, 5.41) is 14.0. The number of hydrazine groups is 1. The molecule has 1 fully saturated rings. The van der Waals surface area contributed by atoms with Crippen molar-refractivity contribution < 1.29 is 43.3 Å². The van der Waals surface area contributed by atoms with Gasteiger partial charge in [0.2, 0.25) is 6.29 Å². The van der Waals surface area contributed by atoms with Gasteiger partial charge in [0, 0.05) is 18.9 Å². The van der Waals surface area contributed by atoms with Gasteiger partial charge in [0.15, 0.2) is 5.84 Å². The van der Waals surface area contributed by atoms with Crippen LogP contribution < -0.4 is 16.3 Å². The van der Waals surface area contributed by atoms with Crippen LogP contribution in [0, 0.1) is 10.1 Å². The minimum absolute atomic E-state index is 0.0152. The Balaban J connectivity index is 1.32. The van der Waals surface area contributed by atoms with E-state index < -0.39 is 29.4 Å². The Kier molecular flexibility index (Phi) is 13.4. The van der Waals surface area contributed by atoms with E-state index in [1.54, 1.807) is 34.9 Å². The van der Waals surface area contributed by atoms with Crippen molar-refractivity contribution in [3.63, 3.8) is 0 Å². The molecule has 1 atom stereocenters. The largest absolute Gasteiger partial charge is 0.511 e. The SMILES string of the molecule is CCOc1nc2cccc(C(=O)OC(C)OC(=O)OC3CCCCC3)c2n1Cc1ccc(-c2ccccc2/C(N)=N/N(N)C(=O)CCCO[N+](=O)[O-])cc1. The molecule has 0 aliphatic heterocycles. The van der Waals surface area contributed by atoms with Gasteiger partial charge in [-0.2, -0.15) is 10.1 Å². The van der Waals surface area contributed by atoms with Crippen LogP contribution >= 0.6 is 0 Å². The van der Waals surface area contributed by atoms with E-state index in [0.717, 1.165) is 48.8 Å². The van der Waals surface area contributed by atoms with Crippen LogP contribution in [-0.2, 0) is 30.4 Å². The minimum Gasteiger partial charge on any atom is -0.465 e. The lowest BCUT2D eigenvalue weighted by Crippen LogP contribution is -2.35. The molecule has 3 aromatic carbocycles. The van der Waals surface area contributed by atoms with Gasteiger partial charge in [0.05, 0.1) is 36.4 Å². The summed E-state index contributed by atoms with van der Waals surface area (Å²) in [4.78, 5) is 57.4. The summed E-state index contributed by atoms with van der Waals surface area (Å²) in [6.45, 7) is 3.64. The molecule has 17 nitrogen and oxygen atoms in total. The van der Waals surface area contributed by atoms with E-state index in [9.17, 15) is 24.5 Å². The number of imidazole rings is 1. The molecular weight excluding hydrogens is 702 g/mol. The van der Waals surface area contributed by atoms with Crippen LogP contribution in [0.3, 0.4) is 0 Å². The van der Waals surface area contributed by atoms with Crippen LogP contribution in [0.4, 0.5) is 4.79 Å². The Morgan fingerprint density at radius 1 is 1.02 bits per heavy atom. The van der Waals surface area contributed by atoms with Crippen LogP contribution in [0.25, 0.3) is 22.2 Å². The molecule has 1 aliphatic rings. The lowest BCUT2D eigenvalue weighted by atomic mass is 9.98. The third-order valence-electron chi connectivity index (χ3n) is 8.59. The van der Waals surface area contributed by atoms with Crippen molar-refractivity contribution in [2.45, 2.75) is 77.7 Å². The first kappa shape index (κ1) is 39.0. The second kappa shape index (κ2) is 18.5. The number of aromatic nitrogens is 2. The number of carbonyl (C=O) groups is 3. The smallest absolute Gasteiger partial charge is 0.465 e. The van der Waals surface area contributed by atoms with Crippen LogP contribution in [0.2, 0.25) is 0 Å². The Bertz CT molecular complexity index is 1980. The summed E-state index contributed by atoms with van der Waals surface area (Å²) in [6, 6.07) is 20.1. The molecular formula is C37H43N7O10. The fraction of sp³-hybridized carbons (Fsp3) is 0.378. The molecule has 5 rings (SSSR count). The number of carbonyl (C=O) groups excluding carboxylic acids is 3. The van der Waals surface area contributed by atoms with Gasteiger partial charge in [-0.05, 0) is 67.9 Å². The van der Waals surface area contributed by atoms with Crippen molar-refractivity contribution in [3.05, 3.63) is 93.5 Å². The van der Waals surface area contributed by atoms with Gasteiger partial charge in [0.1, 0.15) is 6.10 Å². The lowest BCUT2D eigenvalue weighted by molar-refractivity contribution is -0.757. The third-order valence-corrected chi connectivity index (χ3v) is 8.59. The molecule has 17 heteroatoms. The van der Waals surface area contributed by atoms with Gasteiger partial charge in [-0.3, -0.25) is 9.36 Å². The number of benzene rings is 3. The maximum absolute atomic E-state index is 13.5. The number of nitrogens with two attached hydrogens (primary N) is 2. The van der Waals surface area contributed by atoms with E-state index in [0.29, 0.717) is 34.3 Å². The quantitative estimate of drug-likeness (QED) is 0.0168. The van der Waals surface area contributed by atoms with Crippen LogP contribution in [0.5, 0.6) is 6.01 Å². The molecule has 1 aromatic heterocycles. The first-order valence-electron chi connectivity index (χ1n) is 17.6. The van der Waals surface area contributed by atoms with Crippen molar-refractivity contribution >= 4 is 34.9 Å².